The lowest BCUT2D eigenvalue weighted by molar-refractivity contribution is 0.0955. The normalized spacial score (nSPS) is 15.6. The monoisotopic (exact) mass is 371 g/mol. The minimum absolute atomic E-state index is 0.0743. The van der Waals surface area contributed by atoms with Gasteiger partial charge in [0.2, 0.25) is 0 Å². The molecule has 1 aliphatic rings. The van der Waals surface area contributed by atoms with Gasteiger partial charge in [0, 0.05) is 30.9 Å². The number of carbonyl (C=O) groups is 1. The van der Waals surface area contributed by atoms with Crippen LogP contribution >= 0.6 is 15.9 Å². The second-order valence-corrected chi connectivity index (χ2v) is 7.61. The highest BCUT2D eigenvalue weighted by atomic mass is 79.9. The highest BCUT2D eigenvalue weighted by Crippen LogP contribution is 2.38. The Labute approximate surface area is 139 Å². The van der Waals surface area contributed by atoms with Crippen LogP contribution in [0.2, 0.25) is 0 Å². The summed E-state index contributed by atoms with van der Waals surface area (Å²) in [5, 5.41) is 0. The van der Waals surface area contributed by atoms with E-state index < -0.39 is 4.32 Å². The van der Waals surface area contributed by atoms with Crippen LogP contribution in [0.5, 0.6) is 11.5 Å². The van der Waals surface area contributed by atoms with E-state index in [-0.39, 0.29) is 5.78 Å². The summed E-state index contributed by atoms with van der Waals surface area (Å²) in [5.74, 6) is 0.978. The van der Waals surface area contributed by atoms with Gasteiger partial charge >= 0.3 is 0 Å². The molecule has 0 saturated carbocycles. The Bertz CT molecular complexity index is 523. The van der Waals surface area contributed by atoms with Crippen molar-refractivity contribution in [1.29, 1.82) is 0 Å². The molecule has 0 aliphatic carbocycles. The van der Waals surface area contributed by atoms with Gasteiger partial charge in [-0.2, -0.15) is 0 Å². The number of methoxy groups -OCH3 is 2. The van der Waals surface area contributed by atoms with Crippen LogP contribution in [-0.4, -0.2) is 50.6 Å². The number of carbonyl (C=O) groups excluding carboxylic acids is 1. The van der Waals surface area contributed by atoms with Gasteiger partial charge in [0.25, 0.3) is 0 Å². The zero-order valence-corrected chi connectivity index (χ0v) is 15.0. The number of anilines is 1. The molecule has 0 aromatic heterocycles. The number of hydrogen-bond acceptors (Lipinski definition) is 5. The minimum atomic E-state index is -0.686. The van der Waals surface area contributed by atoms with Crippen LogP contribution in [0.1, 0.15) is 24.2 Å². The Hall–Kier alpha value is -1.27. The third kappa shape index (κ3) is 3.55. The number of benzene rings is 1. The van der Waals surface area contributed by atoms with Gasteiger partial charge < -0.3 is 19.1 Å². The summed E-state index contributed by atoms with van der Waals surface area (Å²) in [5.41, 5.74) is 1.44. The molecule has 0 radical (unpaired) electrons. The number of hydrogen-bond donors (Lipinski definition) is 0. The van der Waals surface area contributed by atoms with Gasteiger partial charge in [0.1, 0.15) is 17.1 Å². The smallest absolute Gasteiger partial charge is 0.186 e. The molecule has 1 aromatic carbocycles. The van der Waals surface area contributed by atoms with E-state index in [4.69, 9.17) is 14.2 Å². The van der Waals surface area contributed by atoms with Crippen molar-refractivity contribution >= 4 is 27.4 Å². The third-order valence-electron chi connectivity index (χ3n) is 3.63. The standard InChI is InChI=1S/C16H22BrNO4/c1-16(2,17)15(19)14-12(20-3)9-11(10-13(14)21-4)18-5-7-22-8-6-18/h9-10H,5-8H2,1-4H3. The molecule has 1 aromatic rings. The van der Waals surface area contributed by atoms with Crippen LogP contribution in [0.25, 0.3) is 0 Å². The number of ether oxygens (including phenoxy) is 3. The maximum atomic E-state index is 12.7. The molecule has 1 heterocycles. The molecule has 0 N–H and O–H groups in total. The Morgan fingerprint density at radius 3 is 2.09 bits per heavy atom. The summed E-state index contributed by atoms with van der Waals surface area (Å²) in [6.45, 7) is 6.63. The lowest BCUT2D eigenvalue weighted by Crippen LogP contribution is -2.36. The average molecular weight is 372 g/mol. The summed E-state index contributed by atoms with van der Waals surface area (Å²) in [4.78, 5) is 14.9. The zero-order chi connectivity index (χ0) is 16.3. The van der Waals surface area contributed by atoms with E-state index in [1.165, 1.54) is 0 Å². The second-order valence-electron chi connectivity index (χ2n) is 5.63. The maximum Gasteiger partial charge on any atom is 0.186 e. The van der Waals surface area contributed by atoms with E-state index in [0.29, 0.717) is 30.3 Å². The van der Waals surface area contributed by atoms with Gasteiger partial charge in [-0.1, -0.05) is 15.9 Å². The van der Waals surface area contributed by atoms with Gasteiger partial charge in [-0.05, 0) is 13.8 Å². The topological polar surface area (TPSA) is 48.0 Å². The van der Waals surface area contributed by atoms with E-state index in [0.717, 1.165) is 18.8 Å². The summed E-state index contributed by atoms with van der Waals surface area (Å²) >= 11 is 3.41. The van der Waals surface area contributed by atoms with Crippen LogP contribution < -0.4 is 14.4 Å². The van der Waals surface area contributed by atoms with Gasteiger partial charge in [0.05, 0.1) is 31.8 Å². The van der Waals surface area contributed by atoms with Gasteiger partial charge in [-0.15, -0.1) is 0 Å². The number of rotatable bonds is 5. The van der Waals surface area contributed by atoms with Crippen LogP contribution in [0, 0.1) is 0 Å². The van der Waals surface area contributed by atoms with Crippen molar-refractivity contribution in [2.24, 2.45) is 0 Å². The molecule has 1 aliphatic heterocycles. The molecule has 0 atom stereocenters. The van der Waals surface area contributed by atoms with E-state index >= 15 is 0 Å². The Morgan fingerprint density at radius 1 is 1.18 bits per heavy atom. The maximum absolute atomic E-state index is 12.7. The molecule has 122 valence electrons. The van der Waals surface area contributed by atoms with Crippen LogP contribution in [0.4, 0.5) is 5.69 Å². The summed E-state index contributed by atoms with van der Waals surface area (Å²) < 4.78 is 15.6. The highest BCUT2D eigenvalue weighted by molar-refractivity contribution is 9.10. The molecule has 0 spiro atoms. The molecule has 0 amide bonds. The first-order valence-corrected chi connectivity index (χ1v) is 8.00. The van der Waals surface area contributed by atoms with Gasteiger partial charge in [-0.25, -0.2) is 0 Å². The molecule has 22 heavy (non-hydrogen) atoms. The minimum Gasteiger partial charge on any atom is -0.496 e. The molecule has 6 heteroatoms. The molecule has 0 unspecified atom stereocenters. The fourth-order valence-corrected chi connectivity index (χ4v) is 2.62. The number of halogens is 1. The van der Waals surface area contributed by atoms with Crippen molar-refractivity contribution in [3.8, 4) is 11.5 Å². The lowest BCUT2D eigenvalue weighted by atomic mass is 9.98. The SMILES string of the molecule is COc1cc(N2CCOCC2)cc(OC)c1C(=O)C(C)(C)Br. The van der Waals surface area contributed by atoms with E-state index in [1.807, 2.05) is 26.0 Å². The van der Waals surface area contributed by atoms with Gasteiger partial charge in [-0.3, -0.25) is 4.79 Å². The average Bonchev–Trinajstić information content (AvgIpc) is 2.52. The van der Waals surface area contributed by atoms with Crippen molar-refractivity contribution < 1.29 is 19.0 Å². The fraction of sp³-hybridized carbons (Fsp3) is 0.562. The van der Waals surface area contributed by atoms with Crippen LogP contribution in [0.15, 0.2) is 12.1 Å². The summed E-state index contributed by atoms with van der Waals surface area (Å²) in [7, 11) is 3.13. The molecule has 2 rings (SSSR count). The Kier molecular flexibility index (Phi) is 5.34. The fourth-order valence-electron chi connectivity index (χ4n) is 2.42. The van der Waals surface area contributed by atoms with Crippen molar-refractivity contribution in [1.82, 2.24) is 0 Å². The first-order chi connectivity index (χ1) is 10.4. The molecule has 5 nitrogen and oxygen atoms in total. The number of Topliss-reactive ketones (excluding diaryl/α,β-unsaturated/α-hetero) is 1. The molecular weight excluding hydrogens is 350 g/mol. The first kappa shape index (κ1) is 17.1. The predicted molar refractivity (Wildman–Crippen MR) is 89.9 cm³/mol. The van der Waals surface area contributed by atoms with E-state index in [9.17, 15) is 4.79 Å². The van der Waals surface area contributed by atoms with Crippen molar-refractivity contribution in [2.45, 2.75) is 18.2 Å². The number of morpholine rings is 1. The highest BCUT2D eigenvalue weighted by Gasteiger charge is 2.31. The van der Waals surface area contributed by atoms with Crippen molar-refractivity contribution in [2.75, 3.05) is 45.4 Å². The lowest BCUT2D eigenvalue weighted by Gasteiger charge is -2.30. The van der Waals surface area contributed by atoms with Crippen LogP contribution in [0.3, 0.4) is 0 Å². The second kappa shape index (κ2) is 6.87. The summed E-state index contributed by atoms with van der Waals surface area (Å²) in [6.07, 6.45) is 0. The number of alkyl halides is 1. The number of ketones is 1. The molecule has 1 saturated heterocycles. The van der Waals surface area contributed by atoms with E-state index in [2.05, 4.69) is 20.8 Å². The third-order valence-corrected chi connectivity index (χ3v) is 3.99. The predicted octanol–water partition coefficient (Wildman–Crippen LogP) is 2.90. The van der Waals surface area contributed by atoms with Gasteiger partial charge in [0.15, 0.2) is 5.78 Å². The number of nitrogens with zero attached hydrogens (tertiary/aromatic N) is 1. The van der Waals surface area contributed by atoms with Crippen molar-refractivity contribution in [3.63, 3.8) is 0 Å². The first-order valence-electron chi connectivity index (χ1n) is 7.21. The largest absolute Gasteiger partial charge is 0.496 e. The van der Waals surface area contributed by atoms with Crippen molar-refractivity contribution in [3.05, 3.63) is 17.7 Å². The summed E-state index contributed by atoms with van der Waals surface area (Å²) in [6, 6.07) is 3.78. The zero-order valence-electron chi connectivity index (χ0n) is 13.4. The van der Waals surface area contributed by atoms with E-state index in [1.54, 1.807) is 14.2 Å². The van der Waals surface area contributed by atoms with Crippen LogP contribution in [-0.2, 0) is 4.74 Å². The molecule has 1 fully saturated rings. The Morgan fingerprint density at radius 2 is 1.68 bits per heavy atom. The quantitative estimate of drug-likeness (QED) is 0.588. The molecular formula is C16H22BrNO4. The molecule has 0 bridgehead atoms. The Balaban J connectivity index is 2.48.